The first kappa shape index (κ1) is 26.0. The Morgan fingerprint density at radius 3 is 2.53 bits per heavy atom. The first-order chi connectivity index (χ1) is 16.6. The number of ether oxygens (including phenoxy) is 3. The van der Waals surface area contributed by atoms with E-state index in [0.29, 0.717) is 23.4 Å². The number of hydrogen-bond donors (Lipinski definition) is 0. The van der Waals surface area contributed by atoms with Crippen LogP contribution in [0, 0.1) is 23.2 Å². The predicted octanol–water partition coefficient (Wildman–Crippen LogP) is 7.95. The van der Waals surface area contributed by atoms with Gasteiger partial charge in [-0.1, -0.05) is 46.6 Å². The molecule has 0 saturated heterocycles. The Bertz CT molecular complexity index is 761. The van der Waals surface area contributed by atoms with Crippen LogP contribution in [0.1, 0.15) is 109 Å². The number of aryl methyl sites for hydroxylation is 1. The van der Waals surface area contributed by atoms with Crippen LogP contribution in [-0.2, 0) is 15.9 Å². The van der Waals surface area contributed by atoms with Crippen molar-refractivity contribution in [2.75, 3.05) is 26.4 Å². The molecule has 0 aromatic heterocycles. The van der Waals surface area contributed by atoms with Crippen molar-refractivity contribution in [2.24, 2.45) is 23.2 Å². The average molecular weight is 471 g/mol. The smallest absolute Gasteiger partial charge is 0.119 e. The predicted molar refractivity (Wildman–Crippen MR) is 141 cm³/mol. The van der Waals surface area contributed by atoms with Gasteiger partial charge in [0.25, 0.3) is 0 Å². The van der Waals surface area contributed by atoms with Crippen LogP contribution in [0.15, 0.2) is 18.2 Å². The van der Waals surface area contributed by atoms with Gasteiger partial charge in [-0.15, -0.1) is 0 Å². The summed E-state index contributed by atoms with van der Waals surface area (Å²) < 4.78 is 18.7. The molecule has 6 atom stereocenters. The van der Waals surface area contributed by atoms with Crippen molar-refractivity contribution in [2.45, 2.75) is 110 Å². The number of unbranched alkanes of at least 4 members (excludes halogenated alkanes) is 2. The first-order valence-electron chi connectivity index (χ1n) is 14.6. The molecule has 3 aliphatic rings. The van der Waals surface area contributed by atoms with Gasteiger partial charge in [-0.2, -0.15) is 0 Å². The van der Waals surface area contributed by atoms with E-state index < -0.39 is 0 Å². The Kier molecular flexibility index (Phi) is 9.38. The molecule has 4 rings (SSSR count). The zero-order valence-electron chi connectivity index (χ0n) is 22.5. The maximum Gasteiger partial charge on any atom is 0.119 e. The van der Waals surface area contributed by atoms with E-state index in [4.69, 9.17) is 14.2 Å². The molecule has 0 heterocycles. The maximum absolute atomic E-state index is 6.57. The van der Waals surface area contributed by atoms with Crippen LogP contribution in [-0.4, -0.2) is 32.5 Å². The SMILES string of the molecule is CCCCOc1ccc2c(c1)CCC1C2[C@@H](CCOCCC)CC2(C)C(OCCCC)CCC12. The second-order valence-corrected chi connectivity index (χ2v) is 11.6. The van der Waals surface area contributed by atoms with Crippen molar-refractivity contribution in [3.63, 3.8) is 0 Å². The molecule has 3 heteroatoms. The molecule has 5 unspecified atom stereocenters. The fourth-order valence-corrected chi connectivity index (χ4v) is 7.65. The van der Waals surface area contributed by atoms with Crippen molar-refractivity contribution < 1.29 is 14.2 Å². The number of rotatable bonds is 13. The van der Waals surface area contributed by atoms with Crippen molar-refractivity contribution in [1.29, 1.82) is 0 Å². The minimum atomic E-state index is 0.324. The van der Waals surface area contributed by atoms with Crippen LogP contribution in [0.2, 0.25) is 0 Å². The van der Waals surface area contributed by atoms with E-state index >= 15 is 0 Å². The van der Waals surface area contributed by atoms with E-state index in [2.05, 4.69) is 45.9 Å². The lowest BCUT2D eigenvalue weighted by Gasteiger charge is -2.54. The van der Waals surface area contributed by atoms with Crippen molar-refractivity contribution >= 4 is 0 Å². The summed E-state index contributed by atoms with van der Waals surface area (Å²) in [7, 11) is 0. The largest absolute Gasteiger partial charge is 0.494 e. The molecule has 0 radical (unpaired) electrons. The Morgan fingerprint density at radius 1 is 0.912 bits per heavy atom. The van der Waals surface area contributed by atoms with E-state index in [1.807, 2.05) is 0 Å². The Balaban J connectivity index is 1.56. The Hall–Kier alpha value is -1.06. The molecular formula is C31H50O3. The summed E-state index contributed by atoms with van der Waals surface area (Å²) in [6, 6.07) is 7.05. The highest BCUT2D eigenvalue weighted by molar-refractivity contribution is 5.41. The summed E-state index contributed by atoms with van der Waals surface area (Å²) in [5.74, 6) is 4.01. The Morgan fingerprint density at radius 2 is 1.74 bits per heavy atom. The minimum absolute atomic E-state index is 0.324. The average Bonchev–Trinajstić information content (AvgIpc) is 3.17. The van der Waals surface area contributed by atoms with Gasteiger partial charge < -0.3 is 14.2 Å². The second-order valence-electron chi connectivity index (χ2n) is 11.6. The summed E-state index contributed by atoms with van der Waals surface area (Å²) in [6.07, 6.45) is 13.9. The van der Waals surface area contributed by atoms with Gasteiger partial charge in [0, 0.05) is 19.8 Å². The fourth-order valence-electron chi connectivity index (χ4n) is 7.65. The molecule has 0 N–H and O–H groups in total. The quantitative estimate of drug-likeness (QED) is 0.274. The highest BCUT2D eigenvalue weighted by atomic mass is 16.5. The Labute approximate surface area is 209 Å². The lowest BCUT2D eigenvalue weighted by atomic mass is 9.51. The molecule has 192 valence electrons. The molecule has 0 spiro atoms. The van der Waals surface area contributed by atoms with Gasteiger partial charge in [0.1, 0.15) is 5.75 Å². The van der Waals surface area contributed by atoms with Crippen LogP contribution in [0.4, 0.5) is 0 Å². The van der Waals surface area contributed by atoms with E-state index in [1.54, 1.807) is 11.1 Å². The van der Waals surface area contributed by atoms with Gasteiger partial charge in [0.15, 0.2) is 0 Å². The monoisotopic (exact) mass is 470 g/mol. The molecular weight excluding hydrogens is 420 g/mol. The zero-order valence-corrected chi connectivity index (χ0v) is 22.5. The van der Waals surface area contributed by atoms with Crippen LogP contribution in [0.5, 0.6) is 5.75 Å². The molecule has 3 aliphatic carbocycles. The van der Waals surface area contributed by atoms with Gasteiger partial charge in [-0.3, -0.25) is 0 Å². The maximum atomic E-state index is 6.57. The normalized spacial score (nSPS) is 32.2. The standard InChI is InChI=1S/C31H50O3/c1-5-8-18-33-25-11-13-26-23(21-25)10-12-27-28-14-15-29(34-19-9-6-2)31(28,4)22-24(30(26)27)16-20-32-17-7-3/h11,13,21,24,27-30H,5-10,12,14-20,22H2,1-4H3/t24-,27?,28?,29?,30?,31?/m0/s1. The zero-order chi connectivity index (χ0) is 24.0. The van der Waals surface area contributed by atoms with Crippen molar-refractivity contribution in [3.8, 4) is 5.75 Å². The van der Waals surface area contributed by atoms with E-state index in [1.165, 1.54) is 57.8 Å². The molecule has 0 bridgehead atoms. The third kappa shape index (κ3) is 5.51. The highest BCUT2D eigenvalue weighted by Gasteiger charge is 2.58. The summed E-state index contributed by atoms with van der Waals surface area (Å²) >= 11 is 0. The number of hydrogen-bond acceptors (Lipinski definition) is 3. The summed E-state index contributed by atoms with van der Waals surface area (Å²) in [5.41, 5.74) is 3.49. The van der Waals surface area contributed by atoms with Gasteiger partial charge >= 0.3 is 0 Å². The van der Waals surface area contributed by atoms with Gasteiger partial charge in [-0.05, 0) is 110 Å². The van der Waals surface area contributed by atoms with Crippen molar-refractivity contribution in [3.05, 3.63) is 29.3 Å². The topological polar surface area (TPSA) is 27.7 Å². The molecule has 1 aromatic rings. The van der Waals surface area contributed by atoms with E-state index in [9.17, 15) is 0 Å². The third-order valence-electron chi connectivity index (χ3n) is 9.30. The summed E-state index contributed by atoms with van der Waals surface area (Å²) in [6.45, 7) is 12.8. The molecule has 2 saturated carbocycles. The number of fused-ring (bicyclic) bond motifs is 5. The van der Waals surface area contributed by atoms with Crippen LogP contribution in [0.3, 0.4) is 0 Å². The molecule has 1 aromatic carbocycles. The second kappa shape index (κ2) is 12.3. The number of benzene rings is 1. The van der Waals surface area contributed by atoms with Crippen molar-refractivity contribution in [1.82, 2.24) is 0 Å². The molecule has 0 amide bonds. The van der Waals surface area contributed by atoms with Gasteiger partial charge in [0.05, 0.1) is 12.7 Å². The van der Waals surface area contributed by atoms with Gasteiger partial charge in [-0.25, -0.2) is 0 Å². The molecule has 3 nitrogen and oxygen atoms in total. The fraction of sp³-hybridized carbons (Fsp3) is 0.806. The molecule has 0 aliphatic heterocycles. The minimum Gasteiger partial charge on any atom is -0.494 e. The summed E-state index contributed by atoms with van der Waals surface area (Å²) in [4.78, 5) is 0. The molecule has 2 fully saturated rings. The van der Waals surface area contributed by atoms with Crippen LogP contribution in [0.25, 0.3) is 0 Å². The van der Waals surface area contributed by atoms with Crippen LogP contribution < -0.4 is 4.74 Å². The van der Waals surface area contributed by atoms with Crippen LogP contribution >= 0.6 is 0 Å². The lowest BCUT2D eigenvalue weighted by molar-refractivity contribution is -0.0848. The van der Waals surface area contributed by atoms with E-state index in [-0.39, 0.29) is 0 Å². The highest BCUT2D eigenvalue weighted by Crippen LogP contribution is 2.64. The van der Waals surface area contributed by atoms with E-state index in [0.717, 1.165) is 56.9 Å². The third-order valence-corrected chi connectivity index (χ3v) is 9.30. The molecule has 34 heavy (non-hydrogen) atoms. The summed E-state index contributed by atoms with van der Waals surface area (Å²) in [5, 5.41) is 0. The first-order valence-corrected chi connectivity index (χ1v) is 14.6. The lowest BCUT2D eigenvalue weighted by Crippen LogP contribution is -2.48. The van der Waals surface area contributed by atoms with Gasteiger partial charge in [0.2, 0.25) is 0 Å².